The van der Waals surface area contributed by atoms with E-state index < -0.39 is 10.1 Å². The molecule has 3 nitrogen and oxygen atoms in total. The molecule has 0 aliphatic heterocycles. The first-order valence-corrected chi connectivity index (χ1v) is 5.90. The minimum absolute atomic E-state index is 0.201. The van der Waals surface area contributed by atoms with Crippen LogP contribution in [0.3, 0.4) is 0 Å². The predicted molar refractivity (Wildman–Crippen MR) is 57.9 cm³/mol. The fourth-order valence-electron chi connectivity index (χ4n) is 0.453. The molecule has 1 aromatic carbocycles. The quantitative estimate of drug-likeness (QED) is 0.569. The van der Waals surface area contributed by atoms with Crippen LogP contribution in [0.5, 0.6) is 0 Å². The highest BCUT2D eigenvalue weighted by Gasteiger charge is 1.93. The zero-order chi connectivity index (χ0) is 10.3. The topological polar surface area (TPSA) is 54.4 Å². The molecule has 0 spiro atoms. The Morgan fingerprint density at radius 2 is 1.69 bits per heavy atom. The standard InChI is InChI=1S/C6H7P.C2H6O3S/c7-6-4-2-1-3-5-6;1-2-6(3,4)5/h1-5H,7H2;2H2,1H3,(H,3,4,5). The molecule has 0 bridgehead atoms. The van der Waals surface area contributed by atoms with Crippen LogP contribution in [0.1, 0.15) is 6.92 Å². The fraction of sp³-hybridized carbons (Fsp3) is 0.250. The maximum Gasteiger partial charge on any atom is 0.264 e. The Kier molecular flexibility index (Phi) is 5.88. The van der Waals surface area contributed by atoms with Gasteiger partial charge in [0.1, 0.15) is 0 Å². The monoisotopic (exact) mass is 220 g/mol. The van der Waals surface area contributed by atoms with Crippen molar-refractivity contribution in [3.8, 4) is 0 Å². The summed E-state index contributed by atoms with van der Waals surface area (Å²) in [6, 6.07) is 10.1. The van der Waals surface area contributed by atoms with E-state index in [1.165, 1.54) is 12.2 Å². The minimum atomic E-state index is -3.66. The van der Waals surface area contributed by atoms with E-state index in [4.69, 9.17) is 4.55 Å². The third-order valence-electron chi connectivity index (χ3n) is 1.16. The van der Waals surface area contributed by atoms with E-state index in [0.29, 0.717) is 0 Å². The van der Waals surface area contributed by atoms with Gasteiger partial charge in [-0.3, -0.25) is 4.55 Å². The number of rotatable bonds is 1. The summed E-state index contributed by atoms with van der Waals surface area (Å²) in [4.78, 5) is 0. The molecule has 0 aliphatic carbocycles. The molecule has 0 aromatic heterocycles. The molecule has 1 N–H and O–H groups in total. The second kappa shape index (κ2) is 6.08. The molecular formula is C8H13O3PS. The highest BCUT2D eigenvalue weighted by atomic mass is 32.2. The number of hydrogen-bond acceptors (Lipinski definition) is 2. The largest absolute Gasteiger partial charge is 0.286 e. The van der Waals surface area contributed by atoms with Crippen molar-refractivity contribution < 1.29 is 13.0 Å². The molecule has 74 valence electrons. The highest BCUT2D eigenvalue weighted by molar-refractivity contribution is 7.85. The third-order valence-corrected chi connectivity index (χ3v) is 2.28. The predicted octanol–water partition coefficient (Wildman–Crippen LogP) is 1.08. The Balaban J connectivity index is 0.000000226. The van der Waals surface area contributed by atoms with E-state index in [1.807, 2.05) is 30.3 Å². The van der Waals surface area contributed by atoms with Gasteiger partial charge in [0, 0.05) is 0 Å². The van der Waals surface area contributed by atoms with Gasteiger partial charge in [-0.15, -0.1) is 9.24 Å². The molecule has 0 saturated heterocycles. The van der Waals surface area contributed by atoms with E-state index in [9.17, 15) is 8.42 Å². The summed E-state index contributed by atoms with van der Waals surface area (Å²) in [5.74, 6) is -0.201. The van der Waals surface area contributed by atoms with Crippen LogP contribution in [0, 0.1) is 0 Å². The Hall–Kier alpha value is -0.440. The molecule has 0 aliphatic rings. The lowest BCUT2D eigenvalue weighted by Crippen LogP contribution is -1.97. The van der Waals surface area contributed by atoms with Crippen molar-refractivity contribution in [3.63, 3.8) is 0 Å². The van der Waals surface area contributed by atoms with E-state index in [0.717, 1.165) is 0 Å². The zero-order valence-electron chi connectivity index (χ0n) is 7.34. The Bertz CT molecular complexity index is 321. The lowest BCUT2D eigenvalue weighted by molar-refractivity contribution is 0.484. The lowest BCUT2D eigenvalue weighted by atomic mass is 10.4. The molecule has 1 atom stereocenters. The van der Waals surface area contributed by atoms with Crippen LogP contribution < -0.4 is 5.30 Å². The molecule has 1 rings (SSSR count). The maximum absolute atomic E-state index is 9.56. The van der Waals surface area contributed by atoms with Gasteiger partial charge in [0.25, 0.3) is 10.1 Å². The summed E-state index contributed by atoms with van der Waals surface area (Å²) in [6.07, 6.45) is 0. The average Bonchev–Trinajstić information content (AvgIpc) is 2.06. The van der Waals surface area contributed by atoms with E-state index in [1.54, 1.807) is 0 Å². The highest BCUT2D eigenvalue weighted by Crippen LogP contribution is 1.86. The van der Waals surface area contributed by atoms with Gasteiger partial charge in [-0.2, -0.15) is 8.42 Å². The molecule has 5 heteroatoms. The number of hydrogen-bond donors (Lipinski definition) is 1. The summed E-state index contributed by atoms with van der Waals surface area (Å²) < 4.78 is 26.9. The first kappa shape index (κ1) is 12.6. The van der Waals surface area contributed by atoms with Gasteiger partial charge >= 0.3 is 0 Å². The van der Waals surface area contributed by atoms with Crippen molar-refractivity contribution in [3.05, 3.63) is 30.3 Å². The zero-order valence-corrected chi connectivity index (χ0v) is 9.31. The van der Waals surface area contributed by atoms with Gasteiger partial charge in [-0.25, -0.2) is 0 Å². The Morgan fingerprint density at radius 3 is 1.85 bits per heavy atom. The Morgan fingerprint density at radius 1 is 1.31 bits per heavy atom. The maximum atomic E-state index is 9.56. The smallest absolute Gasteiger partial charge is 0.264 e. The molecular weight excluding hydrogens is 207 g/mol. The summed E-state index contributed by atoms with van der Waals surface area (Å²) in [7, 11) is -1.03. The van der Waals surface area contributed by atoms with Crippen LogP contribution in [0.4, 0.5) is 0 Å². The third kappa shape index (κ3) is 9.47. The fourth-order valence-corrected chi connectivity index (χ4v) is 0.675. The van der Waals surface area contributed by atoms with Gasteiger partial charge in [-0.1, -0.05) is 30.3 Å². The number of benzene rings is 1. The van der Waals surface area contributed by atoms with Crippen molar-refractivity contribution in [2.45, 2.75) is 6.92 Å². The molecule has 0 heterocycles. The second-order valence-electron chi connectivity index (χ2n) is 2.28. The van der Waals surface area contributed by atoms with E-state index in [2.05, 4.69) is 9.24 Å². The van der Waals surface area contributed by atoms with Crippen LogP contribution in [-0.2, 0) is 10.1 Å². The average molecular weight is 220 g/mol. The van der Waals surface area contributed by atoms with Crippen molar-refractivity contribution in [2.24, 2.45) is 0 Å². The second-order valence-corrected chi connectivity index (χ2v) is 4.69. The van der Waals surface area contributed by atoms with Crippen LogP contribution in [0.25, 0.3) is 0 Å². The SMILES string of the molecule is CCS(=O)(=O)O.Pc1ccccc1. The van der Waals surface area contributed by atoms with Crippen molar-refractivity contribution in [1.82, 2.24) is 0 Å². The minimum Gasteiger partial charge on any atom is -0.286 e. The van der Waals surface area contributed by atoms with Gasteiger partial charge in [0.15, 0.2) is 0 Å². The first-order valence-electron chi connectivity index (χ1n) is 3.71. The van der Waals surface area contributed by atoms with Crippen molar-refractivity contribution in [1.29, 1.82) is 0 Å². The van der Waals surface area contributed by atoms with Gasteiger partial charge < -0.3 is 0 Å². The summed E-state index contributed by atoms with van der Waals surface area (Å²) >= 11 is 0. The Labute approximate surface area is 81.1 Å². The summed E-state index contributed by atoms with van der Waals surface area (Å²) in [5, 5.41) is 1.24. The summed E-state index contributed by atoms with van der Waals surface area (Å²) in [5.41, 5.74) is 0. The van der Waals surface area contributed by atoms with Gasteiger partial charge in [0.2, 0.25) is 0 Å². The van der Waals surface area contributed by atoms with Gasteiger partial charge in [0.05, 0.1) is 5.75 Å². The molecule has 0 radical (unpaired) electrons. The molecule has 0 amide bonds. The van der Waals surface area contributed by atoms with Crippen LogP contribution >= 0.6 is 9.24 Å². The van der Waals surface area contributed by atoms with Crippen molar-refractivity contribution >= 4 is 24.7 Å². The van der Waals surface area contributed by atoms with E-state index in [-0.39, 0.29) is 5.75 Å². The van der Waals surface area contributed by atoms with Gasteiger partial charge in [-0.05, 0) is 12.2 Å². The van der Waals surface area contributed by atoms with Crippen LogP contribution in [0.15, 0.2) is 30.3 Å². The normalized spacial score (nSPS) is 10.1. The van der Waals surface area contributed by atoms with Crippen LogP contribution in [0.2, 0.25) is 0 Å². The van der Waals surface area contributed by atoms with Crippen LogP contribution in [-0.4, -0.2) is 18.7 Å². The molecule has 1 aromatic rings. The summed E-state index contributed by atoms with van der Waals surface area (Å²) in [6.45, 7) is 1.37. The molecule has 0 fully saturated rings. The lowest BCUT2D eigenvalue weighted by Gasteiger charge is -1.82. The molecule has 1 unspecified atom stereocenters. The van der Waals surface area contributed by atoms with E-state index >= 15 is 0 Å². The molecule has 0 saturated carbocycles. The van der Waals surface area contributed by atoms with Crippen molar-refractivity contribution in [2.75, 3.05) is 5.75 Å². The first-order chi connectivity index (χ1) is 5.95. The molecule has 13 heavy (non-hydrogen) atoms.